The van der Waals surface area contributed by atoms with Gasteiger partial charge in [0.1, 0.15) is 0 Å². The maximum Gasteiger partial charge on any atom is 0.349 e. The molecule has 0 aliphatic carbocycles. The second-order valence-corrected chi connectivity index (χ2v) is 8.44. The van der Waals surface area contributed by atoms with Crippen LogP contribution in [-0.2, 0) is 15.4 Å². The number of nitrogens with zero attached hydrogens (tertiary/aromatic N) is 1. The number of hydrogen-bond acceptors (Lipinski definition) is 4. The molecule has 98 valence electrons. The summed E-state index contributed by atoms with van der Waals surface area (Å²) in [4.78, 5) is 3.68. The molecule has 1 heterocycles. The lowest BCUT2D eigenvalue weighted by Crippen LogP contribution is -2.49. The molecule has 0 aliphatic heterocycles. The van der Waals surface area contributed by atoms with Crippen LogP contribution in [0.3, 0.4) is 0 Å². The monoisotopic (exact) mass is 273 g/mol. The van der Waals surface area contributed by atoms with E-state index in [2.05, 4.69) is 36.0 Å². The molecule has 0 unspecified atom stereocenters. The Morgan fingerprint density at radius 1 is 1.29 bits per heavy atom. The summed E-state index contributed by atoms with van der Waals surface area (Å²) in [5, 5.41) is 2.12. The fraction of sp³-hybridized carbons (Fsp3) is 0.667. The fourth-order valence-corrected chi connectivity index (χ4v) is 5.32. The molecule has 1 aromatic rings. The maximum absolute atomic E-state index is 5.84. The van der Waals surface area contributed by atoms with Crippen molar-refractivity contribution in [2.24, 2.45) is 0 Å². The van der Waals surface area contributed by atoms with E-state index in [-0.39, 0.29) is 0 Å². The first-order valence-electron chi connectivity index (χ1n) is 6.08. The quantitative estimate of drug-likeness (QED) is 0.680. The van der Waals surface area contributed by atoms with E-state index >= 15 is 0 Å². The average molecular weight is 273 g/mol. The fourth-order valence-electron chi connectivity index (χ4n) is 1.96. The second kappa shape index (κ2) is 7.28. The number of thiophene rings is 1. The van der Waals surface area contributed by atoms with Crippen LogP contribution in [0.1, 0.15) is 18.7 Å². The lowest BCUT2D eigenvalue weighted by Gasteiger charge is -2.30. The van der Waals surface area contributed by atoms with Crippen LogP contribution in [0.15, 0.2) is 17.5 Å². The predicted octanol–water partition coefficient (Wildman–Crippen LogP) is 2.86. The highest BCUT2D eigenvalue weighted by Crippen LogP contribution is 2.14. The summed E-state index contributed by atoms with van der Waals surface area (Å²) in [6.07, 6.45) is 0.909. The summed E-state index contributed by atoms with van der Waals surface area (Å²) in [7, 11) is 0.113. The molecule has 0 aliphatic rings. The minimum absolute atomic E-state index is 0.732. The van der Waals surface area contributed by atoms with Gasteiger partial charge in [-0.2, -0.15) is 0 Å². The Kier molecular flexibility index (Phi) is 6.36. The zero-order valence-corrected chi connectivity index (χ0v) is 13.0. The van der Waals surface area contributed by atoms with Gasteiger partial charge in [-0.1, -0.05) is 6.07 Å². The van der Waals surface area contributed by atoms with Gasteiger partial charge in [0.25, 0.3) is 0 Å². The van der Waals surface area contributed by atoms with Crippen LogP contribution in [0.4, 0.5) is 0 Å². The SMILES string of the molecule is CCO[Si](C)(CN(C)Cc1cccs1)OCC. The van der Waals surface area contributed by atoms with Crippen molar-refractivity contribution in [3.8, 4) is 0 Å². The molecule has 1 rings (SSSR count). The molecule has 0 N–H and O–H groups in total. The lowest BCUT2D eigenvalue weighted by atomic mass is 10.4. The van der Waals surface area contributed by atoms with Gasteiger partial charge in [-0.15, -0.1) is 11.3 Å². The van der Waals surface area contributed by atoms with Crippen LogP contribution in [0, 0.1) is 0 Å². The molecule has 0 atom stereocenters. The number of hydrogen-bond donors (Lipinski definition) is 0. The molecule has 0 bridgehead atoms. The highest BCUT2D eigenvalue weighted by atomic mass is 32.1. The molecule has 1 aromatic heterocycles. The highest BCUT2D eigenvalue weighted by Gasteiger charge is 2.32. The average Bonchev–Trinajstić information content (AvgIpc) is 2.70. The zero-order chi connectivity index (χ0) is 12.7. The van der Waals surface area contributed by atoms with Gasteiger partial charge in [0, 0.05) is 30.8 Å². The van der Waals surface area contributed by atoms with Gasteiger partial charge in [0.05, 0.1) is 0 Å². The van der Waals surface area contributed by atoms with E-state index in [1.807, 2.05) is 13.8 Å². The van der Waals surface area contributed by atoms with Gasteiger partial charge in [0.15, 0.2) is 0 Å². The normalized spacial score (nSPS) is 12.3. The third-order valence-electron chi connectivity index (χ3n) is 2.46. The Bertz CT molecular complexity index is 299. The smallest absolute Gasteiger partial charge is 0.349 e. The van der Waals surface area contributed by atoms with E-state index < -0.39 is 8.56 Å². The van der Waals surface area contributed by atoms with Crippen LogP contribution in [0.25, 0.3) is 0 Å². The van der Waals surface area contributed by atoms with Crippen molar-refractivity contribution in [3.05, 3.63) is 22.4 Å². The van der Waals surface area contributed by atoms with E-state index in [4.69, 9.17) is 8.85 Å². The van der Waals surface area contributed by atoms with Crippen LogP contribution >= 0.6 is 11.3 Å². The maximum atomic E-state index is 5.84. The number of rotatable bonds is 8. The van der Waals surface area contributed by atoms with Crippen molar-refractivity contribution in [3.63, 3.8) is 0 Å². The third kappa shape index (κ3) is 5.31. The molecule has 0 amide bonds. The van der Waals surface area contributed by atoms with Crippen LogP contribution in [0.2, 0.25) is 6.55 Å². The molecular weight excluding hydrogens is 250 g/mol. The molecule has 0 aromatic carbocycles. The van der Waals surface area contributed by atoms with Gasteiger partial charge in [-0.3, -0.25) is 4.90 Å². The van der Waals surface area contributed by atoms with E-state index in [0.29, 0.717) is 0 Å². The van der Waals surface area contributed by atoms with Gasteiger partial charge in [-0.05, 0) is 38.9 Å². The predicted molar refractivity (Wildman–Crippen MR) is 75.5 cm³/mol. The molecule has 5 heteroatoms. The van der Waals surface area contributed by atoms with Crippen molar-refractivity contribution < 1.29 is 8.85 Å². The Labute approximate surface area is 110 Å². The summed E-state index contributed by atoms with van der Waals surface area (Å²) in [5.41, 5.74) is 0. The van der Waals surface area contributed by atoms with Crippen LogP contribution in [-0.4, -0.2) is 39.9 Å². The first-order valence-corrected chi connectivity index (χ1v) is 9.49. The van der Waals surface area contributed by atoms with Crippen molar-refractivity contribution in [1.82, 2.24) is 4.90 Å². The summed E-state index contributed by atoms with van der Waals surface area (Å²) in [5.74, 6) is 0. The Balaban J connectivity index is 2.48. The lowest BCUT2D eigenvalue weighted by molar-refractivity contribution is 0.170. The van der Waals surface area contributed by atoms with Crippen molar-refractivity contribution in [1.29, 1.82) is 0 Å². The minimum Gasteiger partial charge on any atom is -0.394 e. The summed E-state index contributed by atoms with van der Waals surface area (Å²) in [6, 6.07) is 4.26. The summed E-state index contributed by atoms with van der Waals surface area (Å²) < 4.78 is 11.7. The minimum atomic E-state index is -2.02. The van der Waals surface area contributed by atoms with Gasteiger partial charge in [0.2, 0.25) is 0 Å². The first kappa shape index (κ1) is 14.9. The van der Waals surface area contributed by atoms with Crippen molar-refractivity contribution >= 4 is 19.9 Å². The van der Waals surface area contributed by atoms with E-state index in [9.17, 15) is 0 Å². The third-order valence-corrected chi connectivity index (χ3v) is 6.24. The Hall–Kier alpha value is -0.203. The Morgan fingerprint density at radius 2 is 1.94 bits per heavy atom. The van der Waals surface area contributed by atoms with E-state index in [0.717, 1.165) is 25.9 Å². The molecule has 3 nitrogen and oxygen atoms in total. The largest absolute Gasteiger partial charge is 0.394 e. The van der Waals surface area contributed by atoms with Gasteiger partial charge in [-0.25, -0.2) is 0 Å². The topological polar surface area (TPSA) is 21.7 Å². The first-order chi connectivity index (χ1) is 8.09. The molecule has 0 fully saturated rings. The molecule has 17 heavy (non-hydrogen) atoms. The zero-order valence-electron chi connectivity index (χ0n) is 11.2. The molecular formula is C12H23NO2SSi. The van der Waals surface area contributed by atoms with Gasteiger partial charge >= 0.3 is 8.56 Å². The molecule has 0 saturated heterocycles. The van der Waals surface area contributed by atoms with Crippen molar-refractivity contribution in [2.45, 2.75) is 26.9 Å². The highest BCUT2D eigenvalue weighted by molar-refractivity contribution is 7.09. The molecule has 0 saturated carbocycles. The van der Waals surface area contributed by atoms with Crippen LogP contribution in [0.5, 0.6) is 0 Å². The summed E-state index contributed by atoms with van der Waals surface area (Å²) in [6.45, 7) is 8.64. The van der Waals surface area contributed by atoms with Crippen molar-refractivity contribution in [2.75, 3.05) is 26.4 Å². The van der Waals surface area contributed by atoms with Crippen LogP contribution < -0.4 is 0 Å². The van der Waals surface area contributed by atoms with Gasteiger partial charge < -0.3 is 8.85 Å². The summed E-state index contributed by atoms with van der Waals surface area (Å²) >= 11 is 1.80. The molecule has 0 spiro atoms. The Morgan fingerprint density at radius 3 is 2.41 bits per heavy atom. The van der Waals surface area contributed by atoms with E-state index in [1.165, 1.54) is 4.88 Å². The second-order valence-electron chi connectivity index (χ2n) is 4.25. The molecule has 0 radical (unpaired) electrons. The standard InChI is InChI=1S/C12H23NO2SSi/c1-5-14-17(4,15-6-2)11-13(3)10-12-8-7-9-16-12/h7-9H,5-6,10-11H2,1-4H3. The van der Waals surface area contributed by atoms with E-state index in [1.54, 1.807) is 11.3 Å².